The second kappa shape index (κ2) is 5.06. The molecule has 4 nitrogen and oxygen atoms in total. The Morgan fingerprint density at radius 2 is 2.00 bits per heavy atom. The zero-order valence-electron chi connectivity index (χ0n) is 12.5. The molecule has 2 saturated carbocycles. The third-order valence-electron chi connectivity index (χ3n) is 4.13. The maximum absolute atomic E-state index is 11.9. The first-order chi connectivity index (χ1) is 8.69. The lowest BCUT2D eigenvalue weighted by molar-refractivity contribution is -0.175. The third kappa shape index (κ3) is 3.93. The number of carbonyl (C=O) groups excluding carboxylic acids is 1. The Morgan fingerprint density at radius 3 is 2.63 bits per heavy atom. The van der Waals surface area contributed by atoms with Crippen molar-refractivity contribution in [3.8, 4) is 0 Å². The highest BCUT2D eigenvalue weighted by Gasteiger charge is 2.46. The molecule has 0 radical (unpaired) electrons. The number of esters is 1. The number of aliphatic hydroxyl groups is 1. The maximum atomic E-state index is 11.9. The summed E-state index contributed by atoms with van der Waals surface area (Å²) < 4.78 is 5.25. The average molecular weight is 269 g/mol. The standard InChI is InChI=1S/C15H27NO3/c1-14(2,3)19-13(17)15(4,18)9-16-12-7-5-6-10-8-11(10)12/h10-12,16,18H,5-9H2,1-4H3/t10-,11+,12?,15?/m0/s1. The summed E-state index contributed by atoms with van der Waals surface area (Å²) in [6.45, 7) is 7.23. The van der Waals surface area contributed by atoms with E-state index in [9.17, 15) is 9.90 Å². The molecular formula is C15H27NO3. The fourth-order valence-corrected chi connectivity index (χ4v) is 2.95. The smallest absolute Gasteiger partial charge is 0.339 e. The van der Waals surface area contributed by atoms with Crippen molar-refractivity contribution < 1.29 is 14.6 Å². The molecule has 0 saturated heterocycles. The second-order valence-corrected chi connectivity index (χ2v) is 7.35. The van der Waals surface area contributed by atoms with Crippen LogP contribution >= 0.6 is 0 Å². The fourth-order valence-electron chi connectivity index (χ4n) is 2.95. The van der Waals surface area contributed by atoms with Crippen molar-refractivity contribution in [1.29, 1.82) is 0 Å². The molecular weight excluding hydrogens is 242 g/mol. The van der Waals surface area contributed by atoms with Crippen LogP contribution in [-0.4, -0.2) is 34.9 Å². The van der Waals surface area contributed by atoms with Gasteiger partial charge in [-0.05, 0) is 52.4 Å². The van der Waals surface area contributed by atoms with Gasteiger partial charge in [0.05, 0.1) is 0 Å². The van der Waals surface area contributed by atoms with Gasteiger partial charge < -0.3 is 15.2 Å². The minimum Gasteiger partial charge on any atom is -0.458 e. The summed E-state index contributed by atoms with van der Waals surface area (Å²) in [6, 6.07) is 0.465. The summed E-state index contributed by atoms with van der Waals surface area (Å²) in [6.07, 6.45) is 5.08. The van der Waals surface area contributed by atoms with Gasteiger partial charge in [0.2, 0.25) is 0 Å². The molecule has 0 aliphatic heterocycles. The van der Waals surface area contributed by atoms with Crippen LogP contribution in [0.2, 0.25) is 0 Å². The van der Waals surface area contributed by atoms with Crippen molar-refractivity contribution in [2.45, 2.75) is 70.6 Å². The van der Waals surface area contributed by atoms with Crippen molar-refractivity contribution in [2.24, 2.45) is 11.8 Å². The van der Waals surface area contributed by atoms with Crippen LogP contribution in [0.15, 0.2) is 0 Å². The molecule has 0 spiro atoms. The van der Waals surface area contributed by atoms with Gasteiger partial charge in [-0.25, -0.2) is 4.79 Å². The van der Waals surface area contributed by atoms with E-state index in [1.54, 1.807) is 0 Å². The summed E-state index contributed by atoms with van der Waals surface area (Å²) in [4.78, 5) is 11.9. The minimum atomic E-state index is -1.45. The number of rotatable bonds is 4. The molecule has 0 aromatic heterocycles. The molecule has 2 unspecified atom stereocenters. The van der Waals surface area contributed by atoms with Crippen LogP contribution in [0, 0.1) is 11.8 Å². The SMILES string of the molecule is CC(C)(C)OC(=O)C(C)(O)CNC1CCC[C@H]2C[C@@H]12. The number of nitrogens with one attached hydrogen (secondary N) is 1. The second-order valence-electron chi connectivity index (χ2n) is 7.35. The van der Waals surface area contributed by atoms with Gasteiger partial charge in [0, 0.05) is 12.6 Å². The highest BCUT2D eigenvalue weighted by Crippen LogP contribution is 2.49. The Labute approximate surface area is 115 Å². The van der Waals surface area contributed by atoms with Crippen molar-refractivity contribution in [3.05, 3.63) is 0 Å². The molecule has 0 aromatic rings. The first-order valence-corrected chi connectivity index (χ1v) is 7.38. The van der Waals surface area contributed by atoms with E-state index in [4.69, 9.17) is 4.74 Å². The Hall–Kier alpha value is -0.610. The van der Waals surface area contributed by atoms with E-state index in [1.807, 2.05) is 20.8 Å². The Morgan fingerprint density at radius 1 is 1.32 bits per heavy atom. The van der Waals surface area contributed by atoms with Gasteiger partial charge in [0.1, 0.15) is 5.60 Å². The lowest BCUT2D eigenvalue weighted by Gasteiger charge is -2.30. The molecule has 0 aromatic carbocycles. The first kappa shape index (κ1) is 14.8. The zero-order chi connectivity index (χ0) is 14.3. The number of fused-ring (bicyclic) bond motifs is 1. The van der Waals surface area contributed by atoms with Crippen LogP contribution < -0.4 is 5.32 Å². The molecule has 2 aliphatic carbocycles. The molecule has 4 atom stereocenters. The van der Waals surface area contributed by atoms with Crippen LogP contribution in [0.3, 0.4) is 0 Å². The highest BCUT2D eigenvalue weighted by molar-refractivity contribution is 5.79. The van der Waals surface area contributed by atoms with Gasteiger partial charge in [-0.2, -0.15) is 0 Å². The van der Waals surface area contributed by atoms with Gasteiger partial charge in [-0.3, -0.25) is 0 Å². The number of hydrogen-bond acceptors (Lipinski definition) is 4. The van der Waals surface area contributed by atoms with Gasteiger partial charge in [0.25, 0.3) is 0 Å². The van der Waals surface area contributed by atoms with Gasteiger partial charge >= 0.3 is 5.97 Å². The van der Waals surface area contributed by atoms with Crippen LogP contribution in [-0.2, 0) is 9.53 Å². The molecule has 0 bridgehead atoms. The summed E-state index contributed by atoms with van der Waals surface area (Å²) in [7, 11) is 0. The molecule has 0 heterocycles. The zero-order valence-corrected chi connectivity index (χ0v) is 12.5. The summed E-state index contributed by atoms with van der Waals surface area (Å²) in [5.74, 6) is 1.11. The van der Waals surface area contributed by atoms with Crippen molar-refractivity contribution >= 4 is 5.97 Å². The number of carbonyl (C=O) groups is 1. The largest absolute Gasteiger partial charge is 0.458 e. The molecule has 2 aliphatic rings. The molecule has 4 heteroatoms. The Bertz CT molecular complexity index is 346. The van der Waals surface area contributed by atoms with Gasteiger partial charge in [-0.15, -0.1) is 0 Å². The van der Waals surface area contributed by atoms with E-state index in [0.717, 1.165) is 18.3 Å². The lowest BCUT2D eigenvalue weighted by atomic mass is 9.94. The predicted molar refractivity (Wildman–Crippen MR) is 73.7 cm³/mol. The van der Waals surface area contributed by atoms with E-state index in [-0.39, 0.29) is 6.54 Å². The molecule has 110 valence electrons. The Balaban J connectivity index is 1.81. The minimum absolute atomic E-state index is 0.274. The highest BCUT2D eigenvalue weighted by atomic mass is 16.6. The molecule has 0 amide bonds. The van der Waals surface area contributed by atoms with E-state index in [1.165, 1.54) is 26.2 Å². The van der Waals surface area contributed by atoms with Crippen LogP contribution in [0.1, 0.15) is 53.4 Å². The predicted octanol–water partition coefficient (Wildman–Crippen LogP) is 1.86. The van der Waals surface area contributed by atoms with Crippen LogP contribution in [0.25, 0.3) is 0 Å². The quantitative estimate of drug-likeness (QED) is 0.765. The van der Waals surface area contributed by atoms with Gasteiger partial charge in [0.15, 0.2) is 5.60 Å². The summed E-state index contributed by atoms with van der Waals surface area (Å²) in [5, 5.41) is 13.6. The van der Waals surface area contributed by atoms with Crippen molar-refractivity contribution in [2.75, 3.05) is 6.54 Å². The third-order valence-corrected chi connectivity index (χ3v) is 4.13. The number of ether oxygens (including phenoxy) is 1. The van der Waals surface area contributed by atoms with E-state index in [2.05, 4.69) is 5.32 Å². The molecule has 2 fully saturated rings. The van der Waals surface area contributed by atoms with Crippen LogP contribution in [0.5, 0.6) is 0 Å². The average Bonchev–Trinajstić information content (AvgIpc) is 3.03. The summed E-state index contributed by atoms with van der Waals surface area (Å²) >= 11 is 0. The topological polar surface area (TPSA) is 58.6 Å². The van der Waals surface area contributed by atoms with Crippen LogP contribution in [0.4, 0.5) is 0 Å². The monoisotopic (exact) mass is 269 g/mol. The fraction of sp³-hybridized carbons (Fsp3) is 0.933. The van der Waals surface area contributed by atoms with Gasteiger partial charge in [-0.1, -0.05) is 12.8 Å². The molecule has 2 rings (SSSR count). The van der Waals surface area contributed by atoms with E-state index in [0.29, 0.717) is 6.04 Å². The lowest BCUT2D eigenvalue weighted by Crippen LogP contribution is -2.51. The number of hydrogen-bond donors (Lipinski definition) is 2. The normalized spacial score (nSPS) is 33.2. The van der Waals surface area contributed by atoms with Crippen molar-refractivity contribution in [1.82, 2.24) is 5.32 Å². The van der Waals surface area contributed by atoms with E-state index < -0.39 is 17.2 Å². The Kier molecular flexibility index (Phi) is 3.94. The molecule has 2 N–H and O–H groups in total. The molecule has 19 heavy (non-hydrogen) atoms. The van der Waals surface area contributed by atoms with E-state index >= 15 is 0 Å². The summed E-state index contributed by atoms with van der Waals surface area (Å²) in [5.41, 5.74) is -2.01. The first-order valence-electron chi connectivity index (χ1n) is 7.38. The maximum Gasteiger partial charge on any atom is 0.339 e. The van der Waals surface area contributed by atoms with Crippen molar-refractivity contribution in [3.63, 3.8) is 0 Å².